The van der Waals surface area contributed by atoms with Crippen LogP contribution in [0.25, 0.3) is 5.78 Å². The van der Waals surface area contributed by atoms with Gasteiger partial charge in [0.2, 0.25) is 5.75 Å². The van der Waals surface area contributed by atoms with E-state index in [1.807, 2.05) is 0 Å². The molecule has 21 nitrogen and oxygen atoms in total. The molecule has 3 aromatic heterocycles. The van der Waals surface area contributed by atoms with Gasteiger partial charge in [-0.25, -0.2) is 24.4 Å². The fourth-order valence-electron chi connectivity index (χ4n) is 5.13. The molecule has 0 bridgehead atoms. The number of fused-ring (bicyclic) bond motifs is 2. The van der Waals surface area contributed by atoms with E-state index in [-0.39, 0.29) is 39.4 Å². The molecule has 2 amide bonds. The number of carboxylic acids is 3. The molecule has 0 aliphatic carbocycles. The van der Waals surface area contributed by atoms with Crippen molar-refractivity contribution in [1.29, 1.82) is 0 Å². The van der Waals surface area contributed by atoms with Crippen LogP contribution in [0.4, 0.5) is 5.13 Å². The van der Waals surface area contributed by atoms with Crippen LogP contribution in [0, 0.1) is 6.92 Å². The number of aromatic nitrogens is 5. The summed E-state index contributed by atoms with van der Waals surface area (Å²) in [5, 5.41) is 69.7. The van der Waals surface area contributed by atoms with E-state index in [0.29, 0.717) is 16.3 Å². The van der Waals surface area contributed by atoms with Gasteiger partial charge < -0.3 is 46.5 Å². The number of aryl methyl sites for hydroxylation is 1. The number of nitrogen functional groups attached to an aromatic ring is 1. The number of oxime groups is 1. The molecule has 1 fully saturated rings. The molecule has 52 heavy (non-hydrogen) atoms. The maximum Gasteiger partial charge on any atom is 0.375 e. The summed E-state index contributed by atoms with van der Waals surface area (Å²) in [6, 6.07) is 1.23. The summed E-state index contributed by atoms with van der Waals surface area (Å²) in [6.45, 7) is 0.951. The number of phenolic OH excluding ortho intramolecular Hbond substituents is 2. The molecule has 5 heterocycles. The van der Waals surface area contributed by atoms with Crippen molar-refractivity contribution >= 4 is 81.2 Å². The molecule has 2 aliphatic rings. The molecule has 0 spiro atoms. The number of thiazole rings is 1. The SMILES string of the molecule is Cc1cc(SCC2=C(C(=O)O)N3C(=O)[C@@H](NC(=O)/C(=N\OCc4cc(O)c(O)c(O)c4C(=O)O)c4csc(N)n4)[C@H]3SC2)n2nc(C(=O)O)nc2n1. The number of aliphatic carboxylic acids is 1. The van der Waals surface area contributed by atoms with E-state index in [0.717, 1.165) is 34.1 Å². The Morgan fingerprint density at radius 3 is 2.48 bits per heavy atom. The van der Waals surface area contributed by atoms with Crippen molar-refractivity contribution in [2.24, 2.45) is 5.16 Å². The van der Waals surface area contributed by atoms with Gasteiger partial charge in [-0.2, -0.15) is 9.50 Å². The quantitative estimate of drug-likeness (QED) is 0.0242. The normalized spacial score (nSPS) is 17.1. The second-order valence-corrected chi connectivity index (χ2v) is 13.8. The lowest BCUT2D eigenvalue weighted by atomic mass is 10.0. The van der Waals surface area contributed by atoms with E-state index in [1.54, 1.807) is 13.0 Å². The van der Waals surface area contributed by atoms with E-state index in [1.165, 1.54) is 21.7 Å². The van der Waals surface area contributed by atoms with Gasteiger partial charge in [0, 0.05) is 28.1 Å². The molecule has 1 aromatic carbocycles. The first-order valence-electron chi connectivity index (χ1n) is 14.4. The van der Waals surface area contributed by atoms with Gasteiger partial charge in [-0.05, 0) is 24.6 Å². The molecule has 4 aromatic rings. The first kappa shape index (κ1) is 35.7. The molecular formula is C28H23N9O12S3. The molecule has 0 radical (unpaired) electrons. The van der Waals surface area contributed by atoms with Gasteiger partial charge in [0.15, 0.2) is 22.3 Å². The predicted molar refractivity (Wildman–Crippen MR) is 179 cm³/mol. The predicted octanol–water partition coefficient (Wildman–Crippen LogP) is 0.436. The molecule has 24 heteroatoms. The highest BCUT2D eigenvalue weighted by atomic mass is 32.2. The summed E-state index contributed by atoms with van der Waals surface area (Å²) in [5.41, 5.74) is 4.65. The minimum Gasteiger partial charge on any atom is -0.504 e. The van der Waals surface area contributed by atoms with Crippen molar-refractivity contribution in [2.75, 3.05) is 17.2 Å². The highest BCUT2D eigenvalue weighted by molar-refractivity contribution is 8.01. The fourth-order valence-corrected chi connectivity index (χ4v) is 8.21. The first-order chi connectivity index (χ1) is 24.7. The number of nitrogens with zero attached hydrogens (tertiary/aromatic N) is 7. The molecule has 6 rings (SSSR count). The van der Waals surface area contributed by atoms with Gasteiger partial charge in [-0.15, -0.1) is 40.0 Å². The number of nitrogens with two attached hydrogens (primary N) is 1. The standard InChI is InChI=1S/C28H23N9O12S3/c1-8-2-13(37-28(30-8)33-20(34-37)26(47)48)50-5-10-6-51-23-16(22(42)36(23)17(10)25(45)46)32-21(41)15(11-7-52-27(29)31-11)35-49-4-9-3-12(38)18(39)19(40)14(9)24(43)44/h2-3,7,16,23,38-40H,4-6H2,1H3,(H2,29,31)(H,32,41)(H,43,44)(H,45,46)(H,47,48)/b35-15-/t16-,23-/m1/s1. The topological polar surface area (TPSA) is 326 Å². The average molecular weight is 774 g/mol. The number of aromatic hydroxyl groups is 3. The molecule has 0 unspecified atom stereocenters. The van der Waals surface area contributed by atoms with Crippen molar-refractivity contribution < 1.29 is 59.4 Å². The highest BCUT2D eigenvalue weighted by Crippen LogP contribution is 2.42. The van der Waals surface area contributed by atoms with Gasteiger partial charge >= 0.3 is 17.9 Å². The van der Waals surface area contributed by atoms with E-state index in [2.05, 4.69) is 30.5 Å². The Hall–Kier alpha value is -6.14. The number of benzene rings is 1. The van der Waals surface area contributed by atoms with Crippen molar-refractivity contribution in [3.8, 4) is 17.2 Å². The summed E-state index contributed by atoms with van der Waals surface area (Å²) in [5.74, 6) is -9.37. The Balaban J connectivity index is 1.20. The largest absolute Gasteiger partial charge is 0.504 e. The number of hydrogen-bond acceptors (Lipinski definition) is 18. The number of carbonyl (C=O) groups is 5. The zero-order chi connectivity index (χ0) is 37.6. The van der Waals surface area contributed by atoms with E-state index >= 15 is 0 Å². The number of β-lactam (4-membered cyclic amide) rings is 1. The van der Waals surface area contributed by atoms with Crippen LogP contribution in [0.5, 0.6) is 17.2 Å². The van der Waals surface area contributed by atoms with Gasteiger partial charge in [0.1, 0.15) is 40.0 Å². The minimum absolute atomic E-state index is 0.0412. The zero-order valence-electron chi connectivity index (χ0n) is 26.1. The summed E-state index contributed by atoms with van der Waals surface area (Å²) in [4.78, 5) is 80.7. The van der Waals surface area contributed by atoms with Crippen LogP contribution in [0.15, 0.2) is 39.0 Å². The second-order valence-electron chi connectivity index (χ2n) is 10.8. The number of rotatable bonds is 12. The van der Waals surface area contributed by atoms with Crippen LogP contribution in [0.3, 0.4) is 0 Å². The number of anilines is 1. The number of amides is 2. The lowest BCUT2D eigenvalue weighted by molar-refractivity contribution is -0.150. The molecular weight excluding hydrogens is 751 g/mol. The fraction of sp³-hybridized carbons (Fsp3) is 0.214. The Kier molecular flexibility index (Phi) is 9.52. The molecule has 0 saturated carbocycles. The van der Waals surface area contributed by atoms with Crippen molar-refractivity contribution in [2.45, 2.75) is 30.0 Å². The zero-order valence-corrected chi connectivity index (χ0v) is 28.5. The van der Waals surface area contributed by atoms with Gasteiger partial charge in [-0.3, -0.25) is 14.5 Å². The third-order valence-electron chi connectivity index (χ3n) is 7.43. The summed E-state index contributed by atoms with van der Waals surface area (Å²) in [7, 11) is 0. The summed E-state index contributed by atoms with van der Waals surface area (Å²) < 4.78 is 1.23. The number of nitrogens with one attached hydrogen (secondary N) is 1. The molecule has 2 aliphatic heterocycles. The molecule has 2 atom stereocenters. The monoisotopic (exact) mass is 773 g/mol. The minimum atomic E-state index is -1.66. The highest BCUT2D eigenvalue weighted by Gasteiger charge is 2.54. The number of aromatic carboxylic acids is 2. The van der Waals surface area contributed by atoms with Crippen molar-refractivity contribution in [3.05, 3.63) is 57.1 Å². The van der Waals surface area contributed by atoms with Crippen molar-refractivity contribution in [3.63, 3.8) is 0 Å². The van der Waals surface area contributed by atoms with Crippen LogP contribution >= 0.6 is 34.9 Å². The number of carbonyl (C=O) groups excluding carboxylic acids is 2. The number of hydrogen-bond donors (Lipinski definition) is 8. The van der Waals surface area contributed by atoms with Crippen LogP contribution in [0.1, 0.15) is 37.9 Å². The maximum absolute atomic E-state index is 13.5. The second kappa shape index (κ2) is 13.9. The summed E-state index contributed by atoms with van der Waals surface area (Å²) in [6.07, 6.45) is 0. The number of phenols is 3. The number of thioether (sulfide) groups is 2. The van der Waals surface area contributed by atoms with Gasteiger partial charge in [0.25, 0.3) is 23.4 Å². The average Bonchev–Trinajstić information content (AvgIpc) is 3.72. The lowest BCUT2D eigenvalue weighted by Crippen LogP contribution is -2.71. The van der Waals surface area contributed by atoms with Crippen LogP contribution in [-0.4, -0.2) is 118 Å². The first-order valence-corrected chi connectivity index (χ1v) is 17.3. The Bertz CT molecular complexity index is 2270. The third-order valence-corrected chi connectivity index (χ3v) is 10.5. The molecule has 9 N–H and O–H groups in total. The van der Waals surface area contributed by atoms with E-state index < -0.39 is 82.1 Å². The Morgan fingerprint density at radius 1 is 1.08 bits per heavy atom. The van der Waals surface area contributed by atoms with Crippen LogP contribution in [0.2, 0.25) is 0 Å². The van der Waals surface area contributed by atoms with Crippen LogP contribution in [-0.2, 0) is 25.8 Å². The van der Waals surface area contributed by atoms with Crippen LogP contribution < -0.4 is 11.1 Å². The molecule has 270 valence electrons. The Labute approximate surface area is 301 Å². The number of carboxylic acid groups (broad SMARTS) is 3. The lowest BCUT2D eigenvalue weighted by Gasteiger charge is -2.49. The summed E-state index contributed by atoms with van der Waals surface area (Å²) >= 11 is 3.27. The maximum atomic E-state index is 13.5. The van der Waals surface area contributed by atoms with Crippen molar-refractivity contribution in [1.82, 2.24) is 34.8 Å². The molecule has 1 saturated heterocycles. The van der Waals surface area contributed by atoms with E-state index in [4.69, 9.17) is 10.6 Å². The smallest absolute Gasteiger partial charge is 0.375 e. The third kappa shape index (κ3) is 6.56. The Morgan fingerprint density at radius 2 is 1.83 bits per heavy atom. The van der Waals surface area contributed by atoms with Gasteiger partial charge in [0.05, 0.1) is 0 Å². The van der Waals surface area contributed by atoms with Gasteiger partial charge in [-0.1, -0.05) is 5.16 Å². The van der Waals surface area contributed by atoms with E-state index in [9.17, 15) is 54.6 Å².